The van der Waals surface area contributed by atoms with Gasteiger partial charge in [-0.05, 0) is 55.3 Å². The van der Waals surface area contributed by atoms with E-state index in [1.165, 1.54) is 25.4 Å². The molecule has 0 bridgehead atoms. The molecule has 1 aromatic heterocycles. The molecule has 1 saturated carbocycles. The first-order chi connectivity index (χ1) is 13.9. The molecule has 4 rings (SSSR count). The second-order valence-electron chi connectivity index (χ2n) is 6.77. The number of hydrogen-bond acceptors (Lipinski definition) is 5. The lowest BCUT2D eigenvalue weighted by Crippen LogP contribution is -2.13. The van der Waals surface area contributed by atoms with Crippen LogP contribution in [-0.2, 0) is 10.0 Å². The van der Waals surface area contributed by atoms with E-state index in [-0.39, 0.29) is 16.4 Å². The maximum absolute atomic E-state index is 12.7. The van der Waals surface area contributed by atoms with Crippen molar-refractivity contribution in [1.29, 1.82) is 0 Å². The van der Waals surface area contributed by atoms with Crippen LogP contribution in [-0.4, -0.2) is 36.4 Å². The molecule has 150 valence electrons. The van der Waals surface area contributed by atoms with Gasteiger partial charge in [-0.1, -0.05) is 6.07 Å². The lowest BCUT2D eigenvalue weighted by atomic mass is 10.1. The van der Waals surface area contributed by atoms with Crippen molar-refractivity contribution in [3.63, 3.8) is 0 Å². The van der Waals surface area contributed by atoms with E-state index in [1.807, 2.05) is 0 Å². The number of nitrogens with zero attached hydrogens (tertiary/aromatic N) is 2. The summed E-state index contributed by atoms with van der Waals surface area (Å²) in [4.78, 5) is 11.6. The first kappa shape index (κ1) is 19.0. The molecule has 29 heavy (non-hydrogen) atoms. The molecular formula is C20H19N3O5S. The third kappa shape index (κ3) is 3.81. The Morgan fingerprint density at radius 3 is 2.55 bits per heavy atom. The number of methoxy groups -OCH3 is 1. The summed E-state index contributed by atoms with van der Waals surface area (Å²) >= 11 is 0. The van der Waals surface area contributed by atoms with Gasteiger partial charge in [0.25, 0.3) is 10.0 Å². The third-order valence-corrected chi connectivity index (χ3v) is 6.11. The van der Waals surface area contributed by atoms with Gasteiger partial charge in [0.2, 0.25) is 0 Å². The van der Waals surface area contributed by atoms with E-state index in [0.717, 1.165) is 12.8 Å². The van der Waals surface area contributed by atoms with Gasteiger partial charge < -0.3 is 9.84 Å². The summed E-state index contributed by atoms with van der Waals surface area (Å²) in [6, 6.07) is 12.8. The van der Waals surface area contributed by atoms with Gasteiger partial charge in [-0.2, -0.15) is 5.10 Å². The average molecular weight is 413 g/mol. The van der Waals surface area contributed by atoms with Crippen molar-refractivity contribution in [2.24, 2.45) is 0 Å². The molecular weight excluding hydrogens is 394 g/mol. The van der Waals surface area contributed by atoms with Crippen molar-refractivity contribution in [2.45, 2.75) is 23.7 Å². The lowest BCUT2D eigenvalue weighted by Gasteiger charge is -2.12. The normalized spacial score (nSPS) is 13.8. The van der Waals surface area contributed by atoms with E-state index >= 15 is 0 Å². The number of benzene rings is 2. The fourth-order valence-electron chi connectivity index (χ4n) is 3.15. The predicted octanol–water partition coefficient (Wildman–Crippen LogP) is 3.26. The highest BCUT2D eigenvalue weighted by Gasteiger charge is 2.33. The van der Waals surface area contributed by atoms with E-state index in [2.05, 4.69) is 9.82 Å². The van der Waals surface area contributed by atoms with Gasteiger partial charge in [-0.3, -0.25) is 4.72 Å². The highest BCUT2D eigenvalue weighted by atomic mass is 32.2. The molecule has 2 N–H and O–H groups in total. The number of nitrogens with one attached hydrogen (secondary N) is 1. The molecule has 0 radical (unpaired) electrons. The van der Waals surface area contributed by atoms with Crippen molar-refractivity contribution < 1.29 is 23.1 Å². The zero-order valence-corrected chi connectivity index (χ0v) is 16.4. The van der Waals surface area contributed by atoms with Crippen molar-refractivity contribution in [2.75, 3.05) is 11.8 Å². The summed E-state index contributed by atoms with van der Waals surface area (Å²) in [5.41, 5.74) is 1.77. The maximum Gasteiger partial charge on any atom is 0.339 e. The number of aromatic nitrogens is 2. The minimum Gasteiger partial charge on any atom is -0.497 e. The molecule has 1 heterocycles. The molecule has 0 unspecified atom stereocenters. The summed E-state index contributed by atoms with van der Waals surface area (Å²) in [6.45, 7) is 0. The van der Waals surface area contributed by atoms with Crippen LogP contribution in [0.4, 0.5) is 5.69 Å². The van der Waals surface area contributed by atoms with Crippen LogP contribution in [0.25, 0.3) is 5.69 Å². The van der Waals surface area contributed by atoms with E-state index in [4.69, 9.17) is 4.74 Å². The number of anilines is 1. The number of aromatic carboxylic acids is 1. The van der Waals surface area contributed by atoms with Crippen LogP contribution in [0.3, 0.4) is 0 Å². The Morgan fingerprint density at radius 2 is 1.93 bits per heavy atom. The molecule has 0 atom stereocenters. The number of hydrogen-bond donors (Lipinski definition) is 2. The zero-order valence-electron chi connectivity index (χ0n) is 15.6. The Hall–Kier alpha value is -3.33. The number of sulfonamides is 1. The van der Waals surface area contributed by atoms with Crippen LogP contribution < -0.4 is 9.46 Å². The standard InChI is InChI=1S/C20H19N3O5S/c1-28-16-7-9-17(10-8-16)29(26,27)22-14-3-2-4-15(11-14)23-19(13-5-6-13)18(12-21-23)20(24)25/h2-4,7-13,22H,5-6H2,1H3,(H,24,25). The van der Waals surface area contributed by atoms with E-state index in [9.17, 15) is 18.3 Å². The van der Waals surface area contributed by atoms with Crippen LogP contribution >= 0.6 is 0 Å². The number of carboxylic acids is 1. The molecule has 0 aliphatic heterocycles. The van der Waals surface area contributed by atoms with Gasteiger partial charge in [0.15, 0.2) is 0 Å². The molecule has 1 aliphatic carbocycles. The summed E-state index contributed by atoms with van der Waals surface area (Å²) in [5.74, 6) is -0.302. The largest absolute Gasteiger partial charge is 0.497 e. The number of ether oxygens (including phenoxy) is 1. The molecule has 9 heteroatoms. The van der Waals surface area contributed by atoms with Crippen LogP contribution in [0.1, 0.15) is 34.8 Å². The Labute approximate surface area is 167 Å². The molecule has 0 spiro atoms. The highest BCUT2D eigenvalue weighted by Crippen LogP contribution is 2.42. The zero-order chi connectivity index (χ0) is 20.6. The van der Waals surface area contributed by atoms with E-state index in [1.54, 1.807) is 41.1 Å². The van der Waals surface area contributed by atoms with Gasteiger partial charge in [0.05, 0.1) is 35.3 Å². The molecule has 0 saturated heterocycles. The quantitative estimate of drug-likeness (QED) is 0.615. The molecule has 1 fully saturated rings. The minimum atomic E-state index is -3.79. The van der Waals surface area contributed by atoms with Crippen LogP contribution in [0.2, 0.25) is 0 Å². The van der Waals surface area contributed by atoms with Crippen molar-refractivity contribution in [3.8, 4) is 11.4 Å². The predicted molar refractivity (Wildman–Crippen MR) is 106 cm³/mol. The summed E-state index contributed by atoms with van der Waals surface area (Å²) in [5, 5.41) is 13.6. The smallest absolute Gasteiger partial charge is 0.339 e. The fraction of sp³-hybridized carbons (Fsp3) is 0.200. The number of carbonyl (C=O) groups is 1. The summed E-state index contributed by atoms with van der Waals surface area (Å²) in [6.07, 6.45) is 3.16. The first-order valence-electron chi connectivity index (χ1n) is 8.97. The molecule has 8 nitrogen and oxygen atoms in total. The fourth-order valence-corrected chi connectivity index (χ4v) is 4.20. The Morgan fingerprint density at radius 1 is 1.21 bits per heavy atom. The Balaban J connectivity index is 1.65. The summed E-state index contributed by atoms with van der Waals surface area (Å²) in [7, 11) is -2.28. The average Bonchev–Trinajstić information content (AvgIpc) is 3.45. The minimum absolute atomic E-state index is 0.106. The van der Waals surface area contributed by atoms with Crippen molar-refractivity contribution >= 4 is 21.7 Å². The van der Waals surface area contributed by atoms with Crippen LogP contribution in [0, 0.1) is 0 Å². The van der Waals surface area contributed by atoms with Gasteiger partial charge >= 0.3 is 5.97 Å². The molecule has 1 aliphatic rings. The van der Waals surface area contributed by atoms with Gasteiger partial charge in [0, 0.05) is 5.92 Å². The second-order valence-corrected chi connectivity index (χ2v) is 8.45. The van der Waals surface area contributed by atoms with Crippen molar-refractivity contribution in [1.82, 2.24) is 9.78 Å². The third-order valence-electron chi connectivity index (χ3n) is 4.71. The van der Waals surface area contributed by atoms with E-state index in [0.29, 0.717) is 22.8 Å². The second kappa shape index (κ2) is 7.25. The van der Waals surface area contributed by atoms with Gasteiger partial charge in [-0.25, -0.2) is 17.9 Å². The Bertz CT molecular complexity index is 1170. The molecule has 0 amide bonds. The number of rotatable bonds is 7. The first-order valence-corrected chi connectivity index (χ1v) is 10.5. The monoisotopic (exact) mass is 413 g/mol. The van der Waals surface area contributed by atoms with Crippen molar-refractivity contribution in [3.05, 3.63) is 66.0 Å². The van der Waals surface area contributed by atoms with Crippen LogP contribution in [0.5, 0.6) is 5.75 Å². The lowest BCUT2D eigenvalue weighted by molar-refractivity contribution is 0.0695. The molecule has 3 aromatic rings. The maximum atomic E-state index is 12.7. The molecule has 2 aromatic carbocycles. The Kier molecular flexibility index (Phi) is 4.75. The highest BCUT2D eigenvalue weighted by molar-refractivity contribution is 7.92. The van der Waals surface area contributed by atoms with E-state index < -0.39 is 16.0 Å². The SMILES string of the molecule is COc1ccc(S(=O)(=O)Nc2cccc(-n3ncc(C(=O)O)c3C3CC3)c2)cc1. The number of carboxylic acid groups (broad SMARTS) is 1. The van der Waals surface area contributed by atoms with Gasteiger partial charge in [0.1, 0.15) is 11.3 Å². The van der Waals surface area contributed by atoms with Gasteiger partial charge in [-0.15, -0.1) is 0 Å². The topological polar surface area (TPSA) is 111 Å². The summed E-state index contributed by atoms with van der Waals surface area (Å²) < 4.78 is 34.5. The van der Waals surface area contributed by atoms with Crippen LogP contribution in [0.15, 0.2) is 59.6 Å².